The minimum absolute atomic E-state index is 0.656. The second kappa shape index (κ2) is 11.4. The van der Waals surface area contributed by atoms with Gasteiger partial charge in [-0.15, -0.1) is 0 Å². The smallest absolute Gasteiger partial charge is 0.345 e. The Bertz CT molecular complexity index is 2610. The van der Waals surface area contributed by atoms with Crippen LogP contribution in [0.4, 0.5) is 41.6 Å². The monoisotopic (exact) mass is 666 g/mol. The normalized spacial score (nSPS) is 12.1. The molecule has 0 N–H and O–H groups in total. The lowest BCUT2D eigenvalue weighted by Crippen LogP contribution is -2.11. The fourth-order valence-electron chi connectivity index (χ4n) is 7.48. The van der Waals surface area contributed by atoms with Crippen LogP contribution in [0.1, 0.15) is 22.3 Å². The van der Waals surface area contributed by atoms with Crippen LogP contribution in [0.3, 0.4) is 0 Å². The van der Waals surface area contributed by atoms with Crippen molar-refractivity contribution in [2.24, 2.45) is 14.1 Å². The summed E-state index contributed by atoms with van der Waals surface area (Å²) in [5, 5.41) is 4.73. The molecular formula is C43H37F3N4. The maximum atomic E-state index is 13.2. The molecule has 0 aliphatic carbocycles. The molecule has 0 unspecified atom stereocenters. The zero-order valence-electron chi connectivity index (χ0n) is 28.9. The van der Waals surface area contributed by atoms with Crippen LogP contribution >= 0.6 is 0 Å². The molecular weight excluding hydrogens is 629 g/mol. The number of hydrogen-bond acceptors (Lipinski definition) is 2. The van der Waals surface area contributed by atoms with E-state index in [-0.39, 0.29) is 0 Å². The van der Waals surface area contributed by atoms with Crippen LogP contribution in [0, 0.1) is 20.8 Å². The minimum Gasteiger partial charge on any atom is -0.345 e. The summed E-state index contributed by atoms with van der Waals surface area (Å²) in [6.45, 7) is 6.42. The predicted molar refractivity (Wildman–Crippen MR) is 203 cm³/mol. The molecule has 0 spiro atoms. The lowest BCUT2D eigenvalue weighted by atomic mass is 10.1. The van der Waals surface area contributed by atoms with Gasteiger partial charge >= 0.3 is 6.18 Å². The number of alkyl halides is 3. The predicted octanol–water partition coefficient (Wildman–Crippen LogP) is 12.2. The maximum absolute atomic E-state index is 13.2. The summed E-state index contributed by atoms with van der Waals surface area (Å²) in [5.74, 6) is 0. The van der Waals surface area contributed by atoms with E-state index in [0.29, 0.717) is 5.69 Å². The number of rotatable bonds is 5. The molecule has 0 aliphatic heterocycles. The summed E-state index contributed by atoms with van der Waals surface area (Å²) in [6, 6.07) is 38.1. The van der Waals surface area contributed by atoms with Crippen molar-refractivity contribution < 1.29 is 13.2 Å². The van der Waals surface area contributed by atoms with Crippen molar-refractivity contribution in [3.63, 3.8) is 0 Å². The molecule has 0 fully saturated rings. The molecule has 8 aromatic rings. The maximum Gasteiger partial charge on any atom is 0.416 e. The summed E-state index contributed by atoms with van der Waals surface area (Å²) in [5.41, 5.74) is 12.3. The van der Waals surface area contributed by atoms with Crippen LogP contribution in [0.2, 0.25) is 0 Å². The SMILES string of the molecule is Cc1ccc(N(c2ccc3c4ccc(C)cc4n(C)c3c2)c2ccc3c4ccc(N(C)c5ccc(C(F)(F)F)cc5)cc4n(C)c3c2)c(C)c1. The molecule has 250 valence electrons. The number of anilines is 5. The van der Waals surface area contributed by atoms with Crippen LogP contribution in [0.15, 0.2) is 115 Å². The Morgan fingerprint density at radius 1 is 0.480 bits per heavy atom. The summed E-state index contributed by atoms with van der Waals surface area (Å²) >= 11 is 0. The Hall–Kier alpha value is -5.69. The van der Waals surface area contributed by atoms with Crippen molar-refractivity contribution in [1.82, 2.24) is 9.13 Å². The van der Waals surface area contributed by atoms with E-state index in [9.17, 15) is 13.2 Å². The molecule has 0 atom stereocenters. The first kappa shape index (κ1) is 31.6. The first-order valence-corrected chi connectivity index (χ1v) is 16.7. The highest BCUT2D eigenvalue weighted by Crippen LogP contribution is 2.42. The molecule has 6 aromatic carbocycles. The van der Waals surface area contributed by atoms with Gasteiger partial charge in [0.2, 0.25) is 0 Å². The quantitative estimate of drug-likeness (QED) is 0.182. The second-order valence-corrected chi connectivity index (χ2v) is 13.5. The topological polar surface area (TPSA) is 16.3 Å². The second-order valence-electron chi connectivity index (χ2n) is 13.5. The molecule has 0 radical (unpaired) electrons. The number of nitrogens with zero attached hydrogens (tertiary/aromatic N) is 4. The molecule has 0 aliphatic rings. The first-order chi connectivity index (χ1) is 23.9. The van der Waals surface area contributed by atoms with E-state index >= 15 is 0 Å². The number of fused-ring (bicyclic) bond motifs is 6. The number of hydrogen-bond donors (Lipinski definition) is 0. The Balaban J connectivity index is 1.26. The summed E-state index contributed by atoms with van der Waals surface area (Å²) < 4.78 is 44.0. The highest BCUT2D eigenvalue weighted by atomic mass is 19.4. The number of benzene rings is 6. The standard InChI is InChI=1S/C43H37F3N4/c1-26-8-20-38(28(3)21-26)50(32-14-18-36-34-16-7-27(2)22-39(34)48(5)41(36)24-32)33-15-19-37-35-17-13-31(23-40(35)49(6)42(37)25-33)47(4)30-11-9-29(10-12-30)43(44,45)46/h7-25H,1-6H3. The summed E-state index contributed by atoms with van der Waals surface area (Å²) in [7, 11) is 6.08. The average Bonchev–Trinajstić information content (AvgIpc) is 3.54. The zero-order chi connectivity index (χ0) is 35.1. The van der Waals surface area contributed by atoms with Crippen molar-refractivity contribution in [2.75, 3.05) is 16.8 Å². The summed E-state index contributed by atoms with van der Waals surface area (Å²) in [4.78, 5) is 4.26. The number of halogens is 3. The molecule has 0 bridgehead atoms. The third kappa shape index (κ3) is 5.07. The summed E-state index contributed by atoms with van der Waals surface area (Å²) in [6.07, 6.45) is -4.37. The van der Waals surface area contributed by atoms with Gasteiger partial charge in [-0.2, -0.15) is 13.2 Å². The Labute approximate surface area is 289 Å². The molecule has 0 saturated carbocycles. The molecule has 4 nitrogen and oxygen atoms in total. The lowest BCUT2D eigenvalue weighted by molar-refractivity contribution is -0.137. The third-order valence-electron chi connectivity index (χ3n) is 10.2. The van der Waals surface area contributed by atoms with Crippen molar-refractivity contribution in [1.29, 1.82) is 0 Å². The Morgan fingerprint density at radius 2 is 0.900 bits per heavy atom. The van der Waals surface area contributed by atoms with Gasteiger partial charge in [0.25, 0.3) is 0 Å². The van der Waals surface area contributed by atoms with E-state index in [1.54, 1.807) is 0 Å². The van der Waals surface area contributed by atoms with Gasteiger partial charge in [-0.1, -0.05) is 48.0 Å². The van der Waals surface area contributed by atoms with Crippen LogP contribution in [-0.2, 0) is 20.3 Å². The third-order valence-corrected chi connectivity index (χ3v) is 10.2. The van der Waals surface area contributed by atoms with E-state index < -0.39 is 11.7 Å². The highest BCUT2D eigenvalue weighted by Gasteiger charge is 2.30. The molecule has 2 aromatic heterocycles. The largest absolute Gasteiger partial charge is 0.416 e. The Morgan fingerprint density at radius 3 is 1.42 bits per heavy atom. The van der Waals surface area contributed by atoms with Crippen molar-refractivity contribution >= 4 is 72.0 Å². The lowest BCUT2D eigenvalue weighted by Gasteiger charge is -2.27. The van der Waals surface area contributed by atoms with Gasteiger partial charge in [0.1, 0.15) is 0 Å². The van der Waals surface area contributed by atoms with Gasteiger partial charge in [0, 0.05) is 76.6 Å². The molecule has 50 heavy (non-hydrogen) atoms. The molecule has 0 amide bonds. The van der Waals surface area contributed by atoms with Gasteiger partial charge in [0.15, 0.2) is 0 Å². The molecule has 8 rings (SSSR count). The van der Waals surface area contributed by atoms with Crippen molar-refractivity contribution in [3.8, 4) is 0 Å². The van der Waals surface area contributed by atoms with Gasteiger partial charge < -0.3 is 18.9 Å². The van der Waals surface area contributed by atoms with E-state index in [2.05, 4.69) is 134 Å². The average molecular weight is 667 g/mol. The first-order valence-electron chi connectivity index (χ1n) is 16.7. The molecule has 0 saturated heterocycles. The van der Waals surface area contributed by atoms with Crippen molar-refractivity contribution in [3.05, 3.63) is 138 Å². The van der Waals surface area contributed by atoms with Gasteiger partial charge in [0.05, 0.1) is 22.1 Å². The fraction of sp³-hybridized carbons (Fsp3) is 0.163. The van der Waals surface area contributed by atoms with Crippen LogP contribution < -0.4 is 9.80 Å². The van der Waals surface area contributed by atoms with Crippen LogP contribution in [0.5, 0.6) is 0 Å². The van der Waals surface area contributed by atoms with E-state index in [0.717, 1.165) is 56.7 Å². The highest BCUT2D eigenvalue weighted by molar-refractivity contribution is 6.11. The van der Waals surface area contributed by atoms with Gasteiger partial charge in [-0.05, 0) is 105 Å². The van der Waals surface area contributed by atoms with E-state index in [1.807, 2.05) is 18.0 Å². The van der Waals surface area contributed by atoms with Gasteiger partial charge in [-0.25, -0.2) is 0 Å². The fourth-order valence-corrected chi connectivity index (χ4v) is 7.48. The zero-order valence-corrected chi connectivity index (χ0v) is 28.9. The Kier molecular flexibility index (Phi) is 7.23. The number of aryl methyl sites for hydroxylation is 5. The van der Waals surface area contributed by atoms with Crippen LogP contribution in [-0.4, -0.2) is 16.2 Å². The van der Waals surface area contributed by atoms with E-state index in [4.69, 9.17) is 0 Å². The molecule has 2 heterocycles. The minimum atomic E-state index is -4.37. The van der Waals surface area contributed by atoms with E-state index in [1.165, 1.54) is 50.6 Å². The van der Waals surface area contributed by atoms with Crippen molar-refractivity contribution in [2.45, 2.75) is 26.9 Å². The van der Waals surface area contributed by atoms with Crippen LogP contribution in [0.25, 0.3) is 43.6 Å². The van der Waals surface area contributed by atoms with Gasteiger partial charge in [-0.3, -0.25) is 0 Å². The number of aromatic nitrogens is 2. The molecule has 7 heteroatoms.